The van der Waals surface area contributed by atoms with Crippen molar-refractivity contribution in [2.45, 2.75) is 6.92 Å². The number of rotatable bonds is 2. The largest absolute Gasteiger partial charge is 0.364 e. The summed E-state index contributed by atoms with van der Waals surface area (Å²) in [5, 5.41) is 0. The zero-order valence-electron chi connectivity index (χ0n) is 8.53. The van der Waals surface area contributed by atoms with Crippen molar-refractivity contribution < 1.29 is 4.79 Å². The van der Waals surface area contributed by atoms with E-state index in [-0.39, 0.29) is 5.69 Å². The maximum absolute atomic E-state index is 11.2. The maximum Gasteiger partial charge on any atom is 0.268 e. The highest BCUT2D eigenvalue weighted by Crippen LogP contribution is 2.34. The number of aromatic nitrogens is 1. The van der Waals surface area contributed by atoms with Crippen LogP contribution in [0.1, 0.15) is 16.1 Å². The van der Waals surface area contributed by atoms with E-state index in [1.807, 2.05) is 31.2 Å². The Morgan fingerprint density at radius 3 is 2.75 bits per heavy atom. The Balaban J connectivity index is 2.64. The SMILES string of the molecule is Cc1ccccc1-c1sc(Cl)nc1C(N)=O. The third-order valence-corrected chi connectivity index (χ3v) is 3.42. The molecule has 1 amide bonds. The quantitative estimate of drug-likeness (QED) is 0.894. The highest BCUT2D eigenvalue weighted by Gasteiger charge is 2.17. The lowest BCUT2D eigenvalue weighted by atomic mass is 10.1. The van der Waals surface area contributed by atoms with Crippen molar-refractivity contribution in [1.29, 1.82) is 0 Å². The summed E-state index contributed by atoms with van der Waals surface area (Å²) in [6.45, 7) is 1.97. The fourth-order valence-electron chi connectivity index (χ4n) is 1.47. The minimum atomic E-state index is -0.554. The van der Waals surface area contributed by atoms with Gasteiger partial charge in [-0.05, 0) is 18.1 Å². The first kappa shape index (κ1) is 11.1. The number of carbonyl (C=O) groups excluding carboxylic acids is 1. The van der Waals surface area contributed by atoms with E-state index < -0.39 is 5.91 Å². The Hall–Kier alpha value is -1.39. The van der Waals surface area contributed by atoms with E-state index in [1.165, 1.54) is 11.3 Å². The summed E-state index contributed by atoms with van der Waals surface area (Å²) in [4.78, 5) is 15.9. The molecule has 0 bridgehead atoms. The number of thiazole rings is 1. The first-order valence-electron chi connectivity index (χ1n) is 4.61. The lowest BCUT2D eigenvalue weighted by molar-refractivity contribution is 0.0997. The molecule has 2 rings (SSSR count). The van der Waals surface area contributed by atoms with Gasteiger partial charge < -0.3 is 5.73 Å². The van der Waals surface area contributed by atoms with Crippen molar-refractivity contribution in [3.8, 4) is 10.4 Å². The van der Waals surface area contributed by atoms with Gasteiger partial charge in [-0.2, -0.15) is 0 Å². The van der Waals surface area contributed by atoms with Crippen LogP contribution < -0.4 is 5.73 Å². The number of hydrogen-bond donors (Lipinski definition) is 1. The number of carbonyl (C=O) groups is 1. The number of benzene rings is 1. The molecule has 0 aliphatic heterocycles. The summed E-state index contributed by atoms with van der Waals surface area (Å²) in [6, 6.07) is 7.73. The van der Waals surface area contributed by atoms with Gasteiger partial charge in [0.15, 0.2) is 4.47 Å². The van der Waals surface area contributed by atoms with Crippen LogP contribution in [0.4, 0.5) is 0 Å². The molecule has 82 valence electrons. The molecule has 0 radical (unpaired) electrons. The number of hydrogen-bond acceptors (Lipinski definition) is 3. The molecule has 0 spiro atoms. The van der Waals surface area contributed by atoms with Gasteiger partial charge in [0.1, 0.15) is 5.69 Å². The van der Waals surface area contributed by atoms with Crippen LogP contribution in [0.3, 0.4) is 0 Å². The average Bonchev–Trinajstić information content (AvgIpc) is 2.61. The number of amides is 1. The van der Waals surface area contributed by atoms with E-state index >= 15 is 0 Å². The molecule has 1 heterocycles. The zero-order chi connectivity index (χ0) is 11.7. The van der Waals surface area contributed by atoms with E-state index in [9.17, 15) is 4.79 Å². The molecule has 0 saturated heterocycles. The predicted octanol–water partition coefficient (Wildman–Crippen LogP) is 2.87. The number of halogens is 1. The first-order valence-corrected chi connectivity index (χ1v) is 5.81. The molecule has 0 fully saturated rings. The van der Waals surface area contributed by atoms with Crippen molar-refractivity contribution >= 4 is 28.8 Å². The third-order valence-electron chi connectivity index (χ3n) is 2.22. The van der Waals surface area contributed by atoms with Crippen LogP contribution in [0.2, 0.25) is 4.47 Å². The standard InChI is InChI=1S/C11H9ClN2OS/c1-6-4-2-3-5-7(6)9-8(10(13)15)14-11(12)16-9/h2-5H,1H3,(H2,13,15). The smallest absolute Gasteiger partial charge is 0.268 e. The van der Waals surface area contributed by atoms with Crippen molar-refractivity contribution in [3.05, 3.63) is 40.0 Å². The second-order valence-electron chi connectivity index (χ2n) is 3.32. The van der Waals surface area contributed by atoms with E-state index in [0.717, 1.165) is 16.0 Å². The van der Waals surface area contributed by atoms with Crippen LogP contribution in [0, 0.1) is 6.92 Å². The molecule has 3 nitrogen and oxygen atoms in total. The molecule has 0 saturated carbocycles. The number of aryl methyl sites for hydroxylation is 1. The van der Waals surface area contributed by atoms with Crippen LogP contribution in [0.25, 0.3) is 10.4 Å². The molecule has 5 heteroatoms. The molecule has 2 aromatic rings. The van der Waals surface area contributed by atoms with Gasteiger partial charge >= 0.3 is 0 Å². The Bertz CT molecular complexity index is 551. The summed E-state index contributed by atoms with van der Waals surface area (Å²) < 4.78 is 0.326. The van der Waals surface area contributed by atoms with Gasteiger partial charge in [0, 0.05) is 0 Å². The molecule has 16 heavy (non-hydrogen) atoms. The van der Waals surface area contributed by atoms with Gasteiger partial charge in [-0.15, -0.1) is 11.3 Å². The van der Waals surface area contributed by atoms with Gasteiger partial charge in [-0.3, -0.25) is 4.79 Å². The van der Waals surface area contributed by atoms with Crippen molar-refractivity contribution in [1.82, 2.24) is 4.98 Å². The highest BCUT2D eigenvalue weighted by molar-refractivity contribution is 7.19. The number of nitrogens with zero attached hydrogens (tertiary/aromatic N) is 1. The number of primary amides is 1. The van der Waals surface area contributed by atoms with E-state index in [4.69, 9.17) is 17.3 Å². The minimum absolute atomic E-state index is 0.240. The molecule has 0 aliphatic rings. The Morgan fingerprint density at radius 1 is 1.44 bits per heavy atom. The van der Waals surface area contributed by atoms with E-state index in [0.29, 0.717) is 4.47 Å². The van der Waals surface area contributed by atoms with Gasteiger partial charge in [-0.1, -0.05) is 35.9 Å². The second-order valence-corrected chi connectivity index (χ2v) is 4.90. The van der Waals surface area contributed by atoms with Crippen LogP contribution in [0.15, 0.2) is 24.3 Å². The zero-order valence-corrected chi connectivity index (χ0v) is 10.1. The van der Waals surface area contributed by atoms with Crippen molar-refractivity contribution in [2.24, 2.45) is 5.73 Å². The van der Waals surface area contributed by atoms with Crippen LogP contribution in [-0.2, 0) is 0 Å². The van der Waals surface area contributed by atoms with E-state index in [1.54, 1.807) is 0 Å². The maximum atomic E-state index is 11.2. The first-order chi connectivity index (χ1) is 7.59. The van der Waals surface area contributed by atoms with Gasteiger partial charge in [-0.25, -0.2) is 4.98 Å². The molecule has 1 aromatic carbocycles. The molecule has 2 N–H and O–H groups in total. The summed E-state index contributed by atoms with van der Waals surface area (Å²) in [6.07, 6.45) is 0. The van der Waals surface area contributed by atoms with Crippen molar-refractivity contribution in [2.75, 3.05) is 0 Å². The Kier molecular flexibility index (Phi) is 2.94. The fourth-order valence-corrected chi connectivity index (χ4v) is 2.67. The summed E-state index contributed by atoms with van der Waals surface area (Å²) in [5.74, 6) is -0.554. The normalized spacial score (nSPS) is 10.4. The van der Waals surface area contributed by atoms with Crippen LogP contribution >= 0.6 is 22.9 Å². The Labute approximate surface area is 102 Å². The van der Waals surface area contributed by atoms with Crippen LogP contribution in [0.5, 0.6) is 0 Å². The van der Waals surface area contributed by atoms with Crippen LogP contribution in [-0.4, -0.2) is 10.9 Å². The molecule has 0 aliphatic carbocycles. The summed E-state index contributed by atoms with van der Waals surface area (Å²) in [7, 11) is 0. The molecular weight excluding hydrogens is 244 g/mol. The number of nitrogens with two attached hydrogens (primary N) is 1. The molecule has 0 unspecified atom stereocenters. The Morgan fingerprint density at radius 2 is 2.12 bits per heavy atom. The van der Waals surface area contributed by atoms with Gasteiger partial charge in [0.2, 0.25) is 0 Å². The lowest BCUT2D eigenvalue weighted by Crippen LogP contribution is -2.12. The third kappa shape index (κ3) is 1.94. The van der Waals surface area contributed by atoms with Crippen molar-refractivity contribution in [3.63, 3.8) is 0 Å². The lowest BCUT2D eigenvalue weighted by Gasteiger charge is -2.03. The average molecular weight is 253 g/mol. The monoisotopic (exact) mass is 252 g/mol. The van der Waals surface area contributed by atoms with Gasteiger partial charge in [0.25, 0.3) is 5.91 Å². The topological polar surface area (TPSA) is 56.0 Å². The molecule has 1 aromatic heterocycles. The fraction of sp³-hybridized carbons (Fsp3) is 0.0909. The summed E-state index contributed by atoms with van der Waals surface area (Å²) >= 11 is 7.07. The van der Waals surface area contributed by atoms with Gasteiger partial charge in [0.05, 0.1) is 4.88 Å². The molecule has 0 atom stereocenters. The minimum Gasteiger partial charge on any atom is -0.364 e. The molecular formula is C11H9ClN2OS. The predicted molar refractivity (Wildman–Crippen MR) is 65.8 cm³/mol. The highest BCUT2D eigenvalue weighted by atomic mass is 35.5. The summed E-state index contributed by atoms with van der Waals surface area (Å²) in [5.41, 5.74) is 7.51. The second kappa shape index (κ2) is 4.23. The van der Waals surface area contributed by atoms with E-state index in [2.05, 4.69) is 4.98 Å².